The van der Waals surface area contributed by atoms with E-state index in [1.807, 2.05) is 6.07 Å². The van der Waals surface area contributed by atoms with Crippen molar-refractivity contribution >= 4 is 28.3 Å². The summed E-state index contributed by atoms with van der Waals surface area (Å²) >= 11 is 6.81. The largest absolute Gasteiger partial charge is 0.489 e. The molecule has 0 radical (unpaired) electrons. The van der Waals surface area contributed by atoms with E-state index in [4.69, 9.17) is 21.4 Å². The summed E-state index contributed by atoms with van der Waals surface area (Å²) in [6.45, 7) is 4.97. The van der Waals surface area contributed by atoms with E-state index in [-0.39, 0.29) is 18.4 Å². The molecule has 31 heavy (non-hydrogen) atoms. The number of rotatable bonds is 7. The Morgan fingerprint density at radius 3 is 2.65 bits per heavy atom. The molecule has 2 fully saturated rings. The molecule has 1 saturated heterocycles. The quantitative estimate of drug-likeness (QED) is 0.528. The highest BCUT2D eigenvalue weighted by atomic mass is 35.5. The Balaban J connectivity index is 1.45. The minimum Gasteiger partial charge on any atom is -0.489 e. The number of hydrogen-bond donors (Lipinski definition) is 1. The van der Waals surface area contributed by atoms with Gasteiger partial charge in [-0.05, 0) is 80.0 Å². The molecule has 4 rings (SSSR count). The van der Waals surface area contributed by atoms with E-state index in [9.17, 15) is 4.79 Å². The van der Waals surface area contributed by atoms with Crippen LogP contribution in [0.2, 0.25) is 5.02 Å². The highest BCUT2D eigenvalue weighted by Gasteiger charge is 2.23. The monoisotopic (exact) mass is 443 g/mol. The van der Waals surface area contributed by atoms with Gasteiger partial charge in [0.2, 0.25) is 0 Å². The molecule has 0 bridgehead atoms. The van der Waals surface area contributed by atoms with Gasteiger partial charge < -0.3 is 9.84 Å². The molecule has 1 aliphatic heterocycles. The number of aliphatic carboxylic acids is 1. The molecule has 1 N–H and O–H groups in total. The summed E-state index contributed by atoms with van der Waals surface area (Å²) in [6.07, 6.45) is 8.57. The van der Waals surface area contributed by atoms with E-state index < -0.39 is 5.97 Å². The molecule has 0 amide bonds. The van der Waals surface area contributed by atoms with Crippen molar-refractivity contribution in [3.8, 4) is 5.75 Å². The second kappa shape index (κ2) is 10.2. The second-order valence-corrected chi connectivity index (χ2v) is 9.82. The van der Waals surface area contributed by atoms with Crippen molar-refractivity contribution in [2.45, 2.75) is 70.9 Å². The minimum atomic E-state index is -0.694. The van der Waals surface area contributed by atoms with Gasteiger partial charge >= 0.3 is 5.97 Å². The predicted molar refractivity (Wildman–Crippen MR) is 126 cm³/mol. The summed E-state index contributed by atoms with van der Waals surface area (Å²) in [5, 5.41) is 12.0. The van der Waals surface area contributed by atoms with Gasteiger partial charge in [0.05, 0.1) is 11.1 Å². The first-order valence-electron chi connectivity index (χ1n) is 11.8. The maximum absolute atomic E-state index is 11.1. The second-order valence-electron chi connectivity index (χ2n) is 9.44. The van der Waals surface area contributed by atoms with Crippen molar-refractivity contribution in [3.05, 3.63) is 40.9 Å². The van der Waals surface area contributed by atoms with Crippen LogP contribution in [0.15, 0.2) is 30.3 Å². The highest BCUT2D eigenvalue weighted by molar-refractivity contribution is 6.37. The number of fused-ring (bicyclic) bond motifs is 1. The topological polar surface area (TPSA) is 49.8 Å². The molecule has 0 spiro atoms. The van der Waals surface area contributed by atoms with Crippen molar-refractivity contribution in [2.24, 2.45) is 11.8 Å². The first kappa shape index (κ1) is 22.4. The summed E-state index contributed by atoms with van der Waals surface area (Å²) in [5.41, 5.74) is 1.21. The van der Waals surface area contributed by atoms with Gasteiger partial charge in [-0.1, -0.05) is 43.1 Å². The molecule has 2 aromatic carbocycles. The Labute approximate surface area is 190 Å². The third-order valence-electron chi connectivity index (χ3n) is 7.12. The molecule has 168 valence electrons. The van der Waals surface area contributed by atoms with Crippen molar-refractivity contribution in [1.29, 1.82) is 0 Å². The Morgan fingerprint density at radius 1 is 1.13 bits per heavy atom. The molecule has 0 unspecified atom stereocenters. The van der Waals surface area contributed by atoms with E-state index in [1.165, 1.54) is 24.8 Å². The average molecular weight is 444 g/mol. The van der Waals surface area contributed by atoms with E-state index in [0.29, 0.717) is 5.02 Å². The van der Waals surface area contributed by atoms with Crippen LogP contribution in [0.4, 0.5) is 0 Å². The number of likely N-dealkylation sites (tertiary alicyclic amines) is 1. The first-order valence-corrected chi connectivity index (χ1v) is 12.2. The van der Waals surface area contributed by atoms with Crippen LogP contribution in [0.1, 0.15) is 63.9 Å². The van der Waals surface area contributed by atoms with Crippen LogP contribution in [-0.2, 0) is 11.3 Å². The van der Waals surface area contributed by atoms with E-state index in [1.54, 1.807) is 0 Å². The number of carboxylic acids is 1. The molecule has 5 heteroatoms. The summed E-state index contributed by atoms with van der Waals surface area (Å²) in [4.78, 5) is 13.5. The van der Waals surface area contributed by atoms with Gasteiger partial charge in [-0.25, -0.2) is 0 Å². The molecule has 4 nitrogen and oxygen atoms in total. The van der Waals surface area contributed by atoms with Crippen LogP contribution in [-0.4, -0.2) is 35.2 Å². The number of benzene rings is 2. The van der Waals surface area contributed by atoms with Crippen molar-refractivity contribution in [2.75, 3.05) is 13.1 Å². The maximum Gasteiger partial charge on any atom is 0.303 e. The van der Waals surface area contributed by atoms with E-state index in [2.05, 4.69) is 36.1 Å². The van der Waals surface area contributed by atoms with Gasteiger partial charge in [0.1, 0.15) is 5.75 Å². The number of halogens is 1. The van der Waals surface area contributed by atoms with Crippen molar-refractivity contribution in [1.82, 2.24) is 4.90 Å². The number of piperidine rings is 1. The Bertz CT molecular complexity index is 907. The van der Waals surface area contributed by atoms with Gasteiger partial charge in [-0.3, -0.25) is 9.69 Å². The SMILES string of the molecule is CC[C@H]1CC[C@@H](Oc2ccc3ccc(CN4CCC[C@H](CC(=O)O)C4)cc3c2Cl)CC1. The van der Waals surface area contributed by atoms with Crippen LogP contribution in [0.5, 0.6) is 5.75 Å². The lowest BCUT2D eigenvalue weighted by molar-refractivity contribution is -0.138. The number of hydrogen-bond acceptors (Lipinski definition) is 3. The summed E-state index contributed by atoms with van der Waals surface area (Å²) in [7, 11) is 0. The molecular formula is C26H34ClNO3. The molecule has 2 aromatic rings. The number of carbonyl (C=O) groups is 1. The number of ether oxygens (including phenoxy) is 1. The van der Waals surface area contributed by atoms with Crippen molar-refractivity contribution in [3.63, 3.8) is 0 Å². The van der Waals surface area contributed by atoms with E-state index in [0.717, 1.165) is 67.8 Å². The molecule has 0 aromatic heterocycles. The smallest absolute Gasteiger partial charge is 0.303 e. The lowest BCUT2D eigenvalue weighted by Gasteiger charge is -2.32. The van der Waals surface area contributed by atoms with Gasteiger partial charge in [0, 0.05) is 24.9 Å². The molecule has 2 aliphatic rings. The highest BCUT2D eigenvalue weighted by Crippen LogP contribution is 2.37. The predicted octanol–water partition coefficient (Wildman–Crippen LogP) is 6.53. The third-order valence-corrected chi connectivity index (χ3v) is 7.51. The van der Waals surface area contributed by atoms with Gasteiger partial charge in [0.15, 0.2) is 0 Å². The Hall–Kier alpha value is -1.78. The number of carboxylic acid groups (broad SMARTS) is 1. The summed E-state index contributed by atoms with van der Waals surface area (Å²) in [6, 6.07) is 10.6. The molecule has 1 heterocycles. The lowest BCUT2D eigenvalue weighted by atomic mass is 9.86. The lowest BCUT2D eigenvalue weighted by Crippen LogP contribution is -2.35. The van der Waals surface area contributed by atoms with Gasteiger partial charge in [-0.2, -0.15) is 0 Å². The third kappa shape index (κ3) is 5.72. The zero-order chi connectivity index (χ0) is 21.8. The molecular weight excluding hydrogens is 410 g/mol. The maximum atomic E-state index is 11.1. The fourth-order valence-corrected chi connectivity index (χ4v) is 5.57. The Morgan fingerprint density at radius 2 is 1.90 bits per heavy atom. The minimum absolute atomic E-state index is 0.248. The zero-order valence-corrected chi connectivity index (χ0v) is 19.2. The van der Waals surface area contributed by atoms with Crippen molar-refractivity contribution < 1.29 is 14.6 Å². The molecule has 1 saturated carbocycles. The fraction of sp³-hybridized carbons (Fsp3) is 0.577. The standard InChI is InChI=1S/C26H34ClNO3/c1-2-18-6-10-22(11-7-18)31-24-12-9-21-8-5-20(14-23(21)26(24)27)17-28-13-3-4-19(16-28)15-25(29)30/h5,8-9,12,14,18-19,22H,2-4,6-7,10-11,13,15-17H2,1H3,(H,29,30)/t18-,19-,22+/m1/s1. The van der Waals surface area contributed by atoms with Crippen LogP contribution in [0.3, 0.4) is 0 Å². The van der Waals surface area contributed by atoms with Crippen LogP contribution >= 0.6 is 11.6 Å². The Kier molecular flexibility index (Phi) is 7.39. The normalized spacial score (nSPS) is 24.9. The fourth-order valence-electron chi connectivity index (χ4n) is 5.30. The van der Waals surface area contributed by atoms with Crippen LogP contribution in [0.25, 0.3) is 10.8 Å². The van der Waals surface area contributed by atoms with Crippen LogP contribution < -0.4 is 4.74 Å². The zero-order valence-electron chi connectivity index (χ0n) is 18.5. The molecule has 1 aliphatic carbocycles. The summed E-state index contributed by atoms with van der Waals surface area (Å²) < 4.78 is 6.33. The average Bonchev–Trinajstić information content (AvgIpc) is 2.76. The van der Waals surface area contributed by atoms with Gasteiger partial charge in [-0.15, -0.1) is 0 Å². The molecule has 1 atom stereocenters. The van der Waals surface area contributed by atoms with Crippen LogP contribution in [0, 0.1) is 11.8 Å². The summed E-state index contributed by atoms with van der Waals surface area (Å²) in [5.74, 6) is 1.20. The van der Waals surface area contributed by atoms with E-state index >= 15 is 0 Å². The number of nitrogens with zero attached hydrogens (tertiary/aromatic N) is 1. The van der Waals surface area contributed by atoms with Gasteiger partial charge in [0.25, 0.3) is 0 Å². The first-order chi connectivity index (χ1) is 15.0.